The van der Waals surface area contributed by atoms with Crippen molar-refractivity contribution in [3.05, 3.63) is 80.0 Å². The first kappa shape index (κ1) is 26.3. The number of carbonyl (C=O) groups is 4. The largest absolute Gasteiger partial charge is 0.370 e. The highest BCUT2D eigenvalue weighted by Gasteiger charge is 2.27. The molecule has 2 heterocycles. The first-order valence-electron chi connectivity index (χ1n) is 11.4. The Morgan fingerprint density at radius 1 is 1.08 bits per heavy atom. The second kappa shape index (κ2) is 11.1. The number of amides is 4. The smallest absolute Gasteiger partial charge is 0.262 e. The fraction of sp³-hybridized carbons (Fsp3) is 0.231. The number of thiophene rings is 1. The van der Waals surface area contributed by atoms with Gasteiger partial charge in [-0.15, -0.1) is 11.3 Å². The highest BCUT2D eigenvalue weighted by atomic mass is 35.5. The number of halogens is 1. The minimum atomic E-state index is -1.19. The maximum atomic E-state index is 13.2. The Morgan fingerprint density at radius 3 is 2.51 bits per heavy atom. The van der Waals surface area contributed by atoms with Crippen LogP contribution in [0.5, 0.6) is 0 Å². The maximum absolute atomic E-state index is 13.2. The highest BCUT2D eigenvalue weighted by Crippen LogP contribution is 2.29. The second-order valence-corrected chi connectivity index (χ2v) is 10.2. The van der Waals surface area contributed by atoms with Crippen LogP contribution >= 0.6 is 22.9 Å². The van der Waals surface area contributed by atoms with E-state index in [1.54, 1.807) is 60.4 Å². The van der Waals surface area contributed by atoms with E-state index >= 15 is 0 Å². The molecule has 1 aliphatic heterocycles. The summed E-state index contributed by atoms with van der Waals surface area (Å²) in [7, 11) is 0. The van der Waals surface area contributed by atoms with E-state index in [1.165, 1.54) is 0 Å². The average molecular weight is 541 g/mol. The number of aryl methyl sites for hydroxylation is 2. The fourth-order valence-electron chi connectivity index (χ4n) is 4.10. The molecule has 1 unspecified atom stereocenters. The van der Waals surface area contributed by atoms with E-state index in [1.807, 2.05) is 6.92 Å². The van der Waals surface area contributed by atoms with Crippen LogP contribution < -0.4 is 21.3 Å². The second-order valence-electron chi connectivity index (χ2n) is 8.51. The van der Waals surface area contributed by atoms with Crippen molar-refractivity contribution in [3.63, 3.8) is 0 Å². The molecule has 1 aliphatic rings. The van der Waals surface area contributed by atoms with Gasteiger partial charge in [-0.3, -0.25) is 19.2 Å². The molecule has 2 aromatic carbocycles. The predicted molar refractivity (Wildman–Crippen MR) is 142 cm³/mol. The maximum Gasteiger partial charge on any atom is 0.262 e. The van der Waals surface area contributed by atoms with Crippen LogP contribution in [0, 0.1) is 13.8 Å². The molecule has 9 nitrogen and oxygen atoms in total. The molecule has 1 fully saturated rings. The number of hydrogen-bond donors (Lipinski definition) is 3. The first-order valence-corrected chi connectivity index (χ1v) is 12.6. The lowest BCUT2D eigenvalue weighted by Gasteiger charge is -2.28. The van der Waals surface area contributed by atoms with Gasteiger partial charge in [-0.1, -0.05) is 29.8 Å². The van der Waals surface area contributed by atoms with E-state index in [0.717, 1.165) is 16.9 Å². The number of nitrogens with one attached hydrogen (secondary N) is 2. The Hall–Kier alpha value is -3.73. The Bertz CT molecular complexity index is 1390. The van der Waals surface area contributed by atoms with Crippen molar-refractivity contribution < 1.29 is 23.9 Å². The van der Waals surface area contributed by atoms with Crippen molar-refractivity contribution in [2.75, 3.05) is 30.0 Å². The molecule has 4 amide bonds. The topological polar surface area (TPSA) is 131 Å². The van der Waals surface area contributed by atoms with Crippen molar-refractivity contribution in [1.29, 1.82) is 0 Å². The zero-order valence-electron chi connectivity index (χ0n) is 20.2. The normalized spacial score (nSPS) is 14.2. The molecule has 4 rings (SSSR count). The van der Waals surface area contributed by atoms with E-state index < -0.39 is 23.8 Å². The third kappa shape index (κ3) is 5.82. The molecule has 192 valence electrons. The molecular formula is C26H25ClN4O5S. The van der Waals surface area contributed by atoms with E-state index in [2.05, 4.69) is 10.6 Å². The lowest BCUT2D eigenvalue weighted by Crippen LogP contribution is -2.42. The van der Waals surface area contributed by atoms with Crippen LogP contribution in [0.15, 0.2) is 48.5 Å². The SMILES string of the molecule is Cc1cc(C(=O)Nc2c(C)cccc2C(NC(=O)c2ccc(Cl)s2)C(N)=O)ccc1N1CCOCC1=O. The van der Waals surface area contributed by atoms with Crippen LogP contribution in [0.25, 0.3) is 0 Å². The van der Waals surface area contributed by atoms with Gasteiger partial charge < -0.3 is 26.0 Å². The fourth-order valence-corrected chi connectivity index (χ4v) is 5.05. The van der Waals surface area contributed by atoms with Crippen molar-refractivity contribution in [1.82, 2.24) is 5.32 Å². The van der Waals surface area contributed by atoms with Crippen molar-refractivity contribution in [2.45, 2.75) is 19.9 Å². The van der Waals surface area contributed by atoms with Crippen LogP contribution in [0.1, 0.15) is 42.8 Å². The number of carbonyl (C=O) groups excluding carboxylic acids is 4. The molecular weight excluding hydrogens is 516 g/mol. The lowest BCUT2D eigenvalue weighted by atomic mass is 9.99. The van der Waals surface area contributed by atoms with Gasteiger partial charge in [0.2, 0.25) is 5.91 Å². The summed E-state index contributed by atoms with van der Waals surface area (Å²) in [6.45, 7) is 4.51. The molecule has 4 N–H and O–H groups in total. The van der Waals surface area contributed by atoms with E-state index in [0.29, 0.717) is 50.4 Å². The Labute approximate surface area is 222 Å². The monoisotopic (exact) mass is 540 g/mol. The molecule has 0 bridgehead atoms. The lowest BCUT2D eigenvalue weighted by molar-refractivity contribution is -0.125. The van der Waals surface area contributed by atoms with Gasteiger partial charge in [-0.2, -0.15) is 0 Å². The van der Waals surface area contributed by atoms with E-state index in [-0.39, 0.29) is 12.5 Å². The summed E-state index contributed by atoms with van der Waals surface area (Å²) in [5.41, 5.74) is 8.88. The van der Waals surface area contributed by atoms with Gasteiger partial charge in [0, 0.05) is 29.0 Å². The summed E-state index contributed by atoms with van der Waals surface area (Å²) >= 11 is 7.00. The number of para-hydroxylation sites is 1. The van der Waals surface area contributed by atoms with Crippen LogP contribution in [0.3, 0.4) is 0 Å². The zero-order valence-corrected chi connectivity index (χ0v) is 21.7. The van der Waals surface area contributed by atoms with Gasteiger partial charge in [0.25, 0.3) is 17.7 Å². The number of primary amides is 1. The Kier molecular flexibility index (Phi) is 7.91. The summed E-state index contributed by atoms with van der Waals surface area (Å²) in [6.07, 6.45) is 0. The molecule has 1 aromatic heterocycles. The standard InChI is InChI=1S/C26H25ClN4O5S/c1-14-4-3-5-17(23(24(28)33)30-26(35)19-8-9-20(27)37-19)22(14)29-25(34)16-6-7-18(15(2)12-16)31-10-11-36-13-21(31)32/h3-9,12,23H,10-11,13H2,1-2H3,(H2,28,33)(H,29,34)(H,30,35). The number of rotatable bonds is 7. The molecule has 0 radical (unpaired) electrons. The molecule has 0 spiro atoms. The molecule has 3 aromatic rings. The van der Waals surface area contributed by atoms with Gasteiger partial charge in [-0.05, 0) is 55.3 Å². The van der Waals surface area contributed by atoms with Gasteiger partial charge in [0.15, 0.2) is 0 Å². The summed E-state index contributed by atoms with van der Waals surface area (Å²) in [5, 5.41) is 5.50. The van der Waals surface area contributed by atoms with E-state index in [9.17, 15) is 19.2 Å². The van der Waals surface area contributed by atoms with Gasteiger partial charge in [0.1, 0.15) is 12.6 Å². The number of nitrogens with two attached hydrogens (primary N) is 1. The quantitative estimate of drug-likeness (QED) is 0.421. The van der Waals surface area contributed by atoms with Gasteiger partial charge in [-0.25, -0.2) is 0 Å². The number of anilines is 2. The van der Waals surface area contributed by atoms with Gasteiger partial charge >= 0.3 is 0 Å². The molecule has 37 heavy (non-hydrogen) atoms. The van der Waals surface area contributed by atoms with Crippen molar-refractivity contribution >= 4 is 57.9 Å². The average Bonchev–Trinajstić information content (AvgIpc) is 3.30. The van der Waals surface area contributed by atoms with Crippen molar-refractivity contribution in [3.8, 4) is 0 Å². The summed E-state index contributed by atoms with van der Waals surface area (Å²) in [5.74, 6) is -1.85. The Morgan fingerprint density at radius 2 is 1.86 bits per heavy atom. The van der Waals surface area contributed by atoms with Crippen LogP contribution in [-0.4, -0.2) is 43.4 Å². The highest BCUT2D eigenvalue weighted by molar-refractivity contribution is 7.18. The minimum absolute atomic E-state index is 0.0226. The molecule has 0 saturated carbocycles. The molecule has 1 atom stereocenters. The van der Waals surface area contributed by atoms with Crippen LogP contribution in [-0.2, 0) is 14.3 Å². The summed E-state index contributed by atoms with van der Waals surface area (Å²) in [6, 6.07) is 12.1. The number of benzene rings is 2. The van der Waals surface area contributed by atoms with Gasteiger partial charge in [0.05, 0.1) is 15.8 Å². The molecule has 11 heteroatoms. The summed E-state index contributed by atoms with van der Waals surface area (Å²) in [4.78, 5) is 52.5. The third-order valence-corrected chi connectivity index (χ3v) is 7.18. The number of morpholine rings is 1. The predicted octanol–water partition coefficient (Wildman–Crippen LogP) is 3.59. The Balaban J connectivity index is 1.59. The number of hydrogen-bond acceptors (Lipinski definition) is 6. The first-order chi connectivity index (χ1) is 17.7. The van der Waals surface area contributed by atoms with E-state index in [4.69, 9.17) is 22.1 Å². The number of ether oxygens (including phenoxy) is 1. The third-order valence-electron chi connectivity index (χ3n) is 5.95. The van der Waals surface area contributed by atoms with Crippen LogP contribution in [0.2, 0.25) is 4.34 Å². The zero-order chi connectivity index (χ0) is 26.7. The van der Waals surface area contributed by atoms with Crippen LogP contribution in [0.4, 0.5) is 11.4 Å². The minimum Gasteiger partial charge on any atom is -0.370 e. The number of nitrogens with zero attached hydrogens (tertiary/aromatic N) is 1. The summed E-state index contributed by atoms with van der Waals surface area (Å²) < 4.78 is 5.62. The van der Waals surface area contributed by atoms with Crippen molar-refractivity contribution in [2.24, 2.45) is 5.73 Å². The molecule has 0 aliphatic carbocycles. The molecule has 1 saturated heterocycles.